The predicted molar refractivity (Wildman–Crippen MR) is 64.0 cm³/mol. The van der Waals surface area contributed by atoms with E-state index in [1.54, 1.807) is 11.3 Å². The molecule has 1 aromatic heterocycles. The molecule has 2 unspecified atom stereocenters. The van der Waals surface area contributed by atoms with Crippen LogP contribution in [0, 0.1) is 6.92 Å². The van der Waals surface area contributed by atoms with Crippen molar-refractivity contribution in [2.24, 2.45) is 0 Å². The van der Waals surface area contributed by atoms with Crippen LogP contribution >= 0.6 is 23.1 Å². The van der Waals surface area contributed by atoms with E-state index in [1.807, 2.05) is 5.51 Å². The summed E-state index contributed by atoms with van der Waals surface area (Å²) in [6.07, 6.45) is 1.30. The van der Waals surface area contributed by atoms with Crippen molar-refractivity contribution >= 4 is 23.1 Å². The standard InChI is InChI=1S/C10H16N2S2/c1-7-9(3-4-13-7)11-5-10-8(2)14-6-12-10/h6-7,9,11H,3-5H2,1-2H3. The lowest BCUT2D eigenvalue weighted by molar-refractivity contribution is 0.508. The van der Waals surface area contributed by atoms with E-state index >= 15 is 0 Å². The zero-order valence-electron chi connectivity index (χ0n) is 8.62. The number of thioether (sulfide) groups is 1. The highest BCUT2D eigenvalue weighted by Gasteiger charge is 2.23. The van der Waals surface area contributed by atoms with Gasteiger partial charge in [0.05, 0.1) is 11.2 Å². The lowest BCUT2D eigenvalue weighted by atomic mass is 10.1. The molecule has 1 aliphatic rings. The first-order valence-electron chi connectivity index (χ1n) is 5.01. The molecule has 2 heterocycles. The van der Waals surface area contributed by atoms with Crippen LogP contribution < -0.4 is 5.32 Å². The van der Waals surface area contributed by atoms with Gasteiger partial charge in [-0.05, 0) is 19.1 Å². The molecule has 2 rings (SSSR count). The molecule has 78 valence electrons. The number of nitrogens with one attached hydrogen (secondary N) is 1. The van der Waals surface area contributed by atoms with Crippen LogP contribution in [0.2, 0.25) is 0 Å². The number of aryl methyl sites for hydroxylation is 1. The summed E-state index contributed by atoms with van der Waals surface area (Å²) in [6.45, 7) is 5.38. The van der Waals surface area contributed by atoms with Crippen molar-refractivity contribution in [3.8, 4) is 0 Å². The molecule has 1 fully saturated rings. The van der Waals surface area contributed by atoms with Gasteiger partial charge in [0.2, 0.25) is 0 Å². The maximum Gasteiger partial charge on any atom is 0.0798 e. The third-order valence-corrected chi connectivity index (χ3v) is 4.88. The van der Waals surface area contributed by atoms with Crippen LogP contribution in [-0.4, -0.2) is 22.0 Å². The molecule has 0 amide bonds. The summed E-state index contributed by atoms with van der Waals surface area (Å²) >= 11 is 3.80. The highest BCUT2D eigenvalue weighted by atomic mass is 32.2. The van der Waals surface area contributed by atoms with Crippen LogP contribution in [0.1, 0.15) is 23.9 Å². The Hall–Kier alpha value is -0.0600. The van der Waals surface area contributed by atoms with E-state index in [0.29, 0.717) is 6.04 Å². The Labute approximate surface area is 93.5 Å². The number of nitrogens with zero attached hydrogens (tertiary/aromatic N) is 1. The van der Waals surface area contributed by atoms with Gasteiger partial charge < -0.3 is 5.32 Å². The monoisotopic (exact) mass is 228 g/mol. The van der Waals surface area contributed by atoms with E-state index in [1.165, 1.54) is 22.7 Å². The Morgan fingerprint density at radius 3 is 3.07 bits per heavy atom. The zero-order chi connectivity index (χ0) is 9.97. The Bertz CT molecular complexity index is 298. The molecule has 1 aliphatic heterocycles. The van der Waals surface area contributed by atoms with Crippen LogP contribution in [0.15, 0.2) is 5.51 Å². The van der Waals surface area contributed by atoms with Gasteiger partial charge in [-0.1, -0.05) is 6.92 Å². The highest BCUT2D eigenvalue weighted by Crippen LogP contribution is 2.26. The molecule has 0 aromatic carbocycles. The molecular weight excluding hydrogens is 212 g/mol. The normalized spacial score (nSPS) is 27.0. The number of thiazole rings is 1. The van der Waals surface area contributed by atoms with E-state index in [9.17, 15) is 0 Å². The summed E-state index contributed by atoms with van der Waals surface area (Å²) in [4.78, 5) is 5.69. The van der Waals surface area contributed by atoms with Crippen molar-refractivity contribution in [1.29, 1.82) is 0 Å². The lowest BCUT2D eigenvalue weighted by Gasteiger charge is -2.15. The lowest BCUT2D eigenvalue weighted by Crippen LogP contribution is -2.33. The molecular formula is C10H16N2S2. The van der Waals surface area contributed by atoms with Crippen molar-refractivity contribution < 1.29 is 0 Å². The Morgan fingerprint density at radius 1 is 1.64 bits per heavy atom. The number of aromatic nitrogens is 1. The third kappa shape index (κ3) is 2.30. The van der Waals surface area contributed by atoms with Crippen molar-refractivity contribution in [3.05, 3.63) is 16.1 Å². The minimum Gasteiger partial charge on any atom is -0.307 e. The van der Waals surface area contributed by atoms with Gasteiger partial charge in [-0.3, -0.25) is 0 Å². The van der Waals surface area contributed by atoms with Crippen LogP contribution in [-0.2, 0) is 6.54 Å². The van der Waals surface area contributed by atoms with Crippen LogP contribution in [0.5, 0.6) is 0 Å². The van der Waals surface area contributed by atoms with Gasteiger partial charge in [0, 0.05) is 22.7 Å². The maximum atomic E-state index is 4.35. The molecule has 0 aliphatic carbocycles. The summed E-state index contributed by atoms with van der Waals surface area (Å²) in [5, 5.41) is 4.36. The SMILES string of the molecule is Cc1scnc1CNC1CCSC1C. The van der Waals surface area contributed by atoms with E-state index in [-0.39, 0.29) is 0 Å². The second kappa shape index (κ2) is 4.64. The number of rotatable bonds is 3. The highest BCUT2D eigenvalue weighted by molar-refractivity contribution is 8.00. The van der Waals surface area contributed by atoms with Gasteiger partial charge in [0.1, 0.15) is 0 Å². The number of hydrogen-bond donors (Lipinski definition) is 1. The van der Waals surface area contributed by atoms with E-state index in [2.05, 4.69) is 35.9 Å². The summed E-state index contributed by atoms with van der Waals surface area (Å²) in [7, 11) is 0. The molecule has 0 bridgehead atoms. The summed E-state index contributed by atoms with van der Waals surface area (Å²) < 4.78 is 0. The fourth-order valence-corrected chi connectivity index (χ4v) is 3.55. The van der Waals surface area contributed by atoms with Crippen molar-refractivity contribution in [2.45, 2.75) is 38.1 Å². The van der Waals surface area contributed by atoms with Gasteiger partial charge in [0.25, 0.3) is 0 Å². The quantitative estimate of drug-likeness (QED) is 0.860. The second-order valence-corrected chi connectivity index (χ2v) is 6.25. The van der Waals surface area contributed by atoms with Crippen LogP contribution in [0.3, 0.4) is 0 Å². The Kier molecular flexibility index (Phi) is 3.47. The molecule has 0 saturated carbocycles. The fourth-order valence-electron chi connectivity index (χ4n) is 1.73. The molecule has 2 atom stereocenters. The van der Waals surface area contributed by atoms with Gasteiger partial charge in [-0.2, -0.15) is 11.8 Å². The van der Waals surface area contributed by atoms with Gasteiger partial charge in [-0.25, -0.2) is 4.98 Å². The van der Waals surface area contributed by atoms with Crippen molar-refractivity contribution in [1.82, 2.24) is 10.3 Å². The first-order chi connectivity index (χ1) is 6.77. The largest absolute Gasteiger partial charge is 0.307 e. The number of hydrogen-bond acceptors (Lipinski definition) is 4. The van der Waals surface area contributed by atoms with Gasteiger partial charge in [-0.15, -0.1) is 11.3 Å². The van der Waals surface area contributed by atoms with Crippen molar-refractivity contribution in [2.75, 3.05) is 5.75 Å². The molecule has 4 heteroatoms. The molecule has 0 radical (unpaired) electrons. The molecule has 0 spiro atoms. The smallest absolute Gasteiger partial charge is 0.0798 e. The zero-order valence-corrected chi connectivity index (χ0v) is 10.3. The Morgan fingerprint density at radius 2 is 2.50 bits per heavy atom. The summed E-state index contributed by atoms with van der Waals surface area (Å²) in [5.74, 6) is 1.30. The average Bonchev–Trinajstić information content (AvgIpc) is 2.72. The molecule has 14 heavy (non-hydrogen) atoms. The second-order valence-electron chi connectivity index (χ2n) is 3.71. The van der Waals surface area contributed by atoms with Gasteiger partial charge >= 0.3 is 0 Å². The average molecular weight is 228 g/mol. The summed E-state index contributed by atoms with van der Waals surface area (Å²) in [6, 6.07) is 0.682. The molecule has 1 N–H and O–H groups in total. The third-order valence-electron chi connectivity index (χ3n) is 2.75. The molecule has 2 nitrogen and oxygen atoms in total. The first kappa shape index (κ1) is 10.5. The fraction of sp³-hybridized carbons (Fsp3) is 0.700. The summed E-state index contributed by atoms with van der Waals surface area (Å²) in [5.41, 5.74) is 3.15. The van der Waals surface area contributed by atoms with Crippen molar-refractivity contribution in [3.63, 3.8) is 0 Å². The minimum atomic E-state index is 0.682. The Balaban J connectivity index is 1.85. The topological polar surface area (TPSA) is 24.9 Å². The van der Waals surface area contributed by atoms with E-state index < -0.39 is 0 Å². The minimum absolute atomic E-state index is 0.682. The molecule has 1 aromatic rings. The van der Waals surface area contributed by atoms with Gasteiger partial charge in [0.15, 0.2) is 0 Å². The van der Waals surface area contributed by atoms with E-state index in [4.69, 9.17) is 0 Å². The van der Waals surface area contributed by atoms with Crippen LogP contribution in [0.4, 0.5) is 0 Å². The molecule has 1 saturated heterocycles. The van der Waals surface area contributed by atoms with E-state index in [0.717, 1.165) is 11.8 Å². The maximum absolute atomic E-state index is 4.35. The van der Waals surface area contributed by atoms with Crippen LogP contribution in [0.25, 0.3) is 0 Å². The predicted octanol–water partition coefficient (Wildman–Crippen LogP) is 2.44. The first-order valence-corrected chi connectivity index (χ1v) is 6.94.